The van der Waals surface area contributed by atoms with Crippen molar-refractivity contribution in [2.75, 3.05) is 26.2 Å². The number of carbonyl (C=O) groups is 1. The van der Waals surface area contributed by atoms with Gasteiger partial charge in [0.1, 0.15) is 11.9 Å². The van der Waals surface area contributed by atoms with Crippen molar-refractivity contribution >= 4 is 28.4 Å². The van der Waals surface area contributed by atoms with E-state index in [0.29, 0.717) is 12.1 Å². The van der Waals surface area contributed by atoms with Crippen molar-refractivity contribution in [3.8, 4) is 5.69 Å². The summed E-state index contributed by atoms with van der Waals surface area (Å²) in [6.45, 7) is 4.90. The summed E-state index contributed by atoms with van der Waals surface area (Å²) in [4.78, 5) is 41.7. The molecule has 1 saturated heterocycles. The van der Waals surface area contributed by atoms with Gasteiger partial charge in [-0.3, -0.25) is 14.2 Å². The molecule has 1 aliphatic heterocycles. The molecule has 0 aliphatic carbocycles. The monoisotopic (exact) mass is 458 g/mol. The first-order valence-electron chi connectivity index (χ1n) is 10.6. The Kier molecular flexibility index (Phi) is 6.43. The van der Waals surface area contributed by atoms with Gasteiger partial charge >= 0.3 is 5.69 Å². The number of amides is 1. The maximum absolute atomic E-state index is 13.7. The van der Waals surface area contributed by atoms with Gasteiger partial charge in [-0.05, 0) is 63.2 Å². The lowest BCUT2D eigenvalue weighted by atomic mass is 10.2. The standard InChI is InChI=1S/C23H24ClFN4O3/c1-15(21(30)26-10-13-27-11-4-5-12-27)28-20-7-3-2-6-17(20)22(31)29(23(28)32)16-8-9-19(25)18(24)14-16/h2-3,6-9,14-15H,4-5,10-13H2,1H3,(H,26,30). The fraction of sp³-hybridized carbons (Fsp3) is 0.348. The van der Waals surface area contributed by atoms with Crippen LogP contribution in [0.2, 0.25) is 5.02 Å². The van der Waals surface area contributed by atoms with Gasteiger partial charge in [-0.15, -0.1) is 0 Å². The summed E-state index contributed by atoms with van der Waals surface area (Å²) in [5.74, 6) is -0.978. The van der Waals surface area contributed by atoms with Crippen molar-refractivity contribution < 1.29 is 9.18 Å². The number of aromatic nitrogens is 2. The number of hydrogen-bond acceptors (Lipinski definition) is 4. The van der Waals surface area contributed by atoms with E-state index in [1.165, 1.54) is 29.5 Å². The van der Waals surface area contributed by atoms with Crippen molar-refractivity contribution in [1.82, 2.24) is 19.4 Å². The molecule has 0 bridgehead atoms. The van der Waals surface area contributed by atoms with E-state index in [1.54, 1.807) is 31.2 Å². The van der Waals surface area contributed by atoms with Gasteiger partial charge in [0.2, 0.25) is 5.91 Å². The second-order valence-electron chi connectivity index (χ2n) is 7.92. The van der Waals surface area contributed by atoms with Crippen molar-refractivity contribution in [2.45, 2.75) is 25.8 Å². The molecule has 1 amide bonds. The molecule has 3 aromatic rings. The Labute approximate surface area is 189 Å². The topological polar surface area (TPSA) is 76.3 Å². The fourth-order valence-corrected chi connectivity index (χ4v) is 4.29. The van der Waals surface area contributed by atoms with Crippen LogP contribution in [0.5, 0.6) is 0 Å². The van der Waals surface area contributed by atoms with Crippen LogP contribution in [0.25, 0.3) is 16.6 Å². The lowest BCUT2D eigenvalue weighted by Crippen LogP contribution is -2.44. The van der Waals surface area contributed by atoms with Crippen LogP contribution in [0.4, 0.5) is 4.39 Å². The minimum absolute atomic E-state index is 0.132. The number of benzene rings is 2. The molecule has 7 nitrogen and oxygen atoms in total. The van der Waals surface area contributed by atoms with Crippen LogP contribution < -0.4 is 16.6 Å². The molecule has 1 fully saturated rings. The number of halogens is 2. The summed E-state index contributed by atoms with van der Waals surface area (Å²) in [7, 11) is 0. The highest BCUT2D eigenvalue weighted by molar-refractivity contribution is 6.30. The van der Waals surface area contributed by atoms with E-state index in [9.17, 15) is 18.8 Å². The van der Waals surface area contributed by atoms with Gasteiger partial charge in [0, 0.05) is 13.1 Å². The zero-order valence-corrected chi connectivity index (χ0v) is 18.4. The van der Waals surface area contributed by atoms with E-state index >= 15 is 0 Å². The fourth-order valence-electron chi connectivity index (χ4n) is 4.12. The normalized spacial score (nSPS) is 15.2. The Morgan fingerprint density at radius 3 is 2.59 bits per heavy atom. The molecular weight excluding hydrogens is 435 g/mol. The van der Waals surface area contributed by atoms with Gasteiger partial charge in [-0.2, -0.15) is 0 Å². The Morgan fingerprint density at radius 2 is 1.88 bits per heavy atom. The molecule has 4 rings (SSSR count). The Bertz CT molecular complexity index is 1280. The lowest BCUT2D eigenvalue weighted by molar-refractivity contribution is -0.123. The summed E-state index contributed by atoms with van der Waals surface area (Å²) < 4.78 is 15.9. The SMILES string of the molecule is CC(C(=O)NCCN1CCCC1)n1c(=O)n(-c2ccc(F)c(Cl)c2)c(=O)c2ccccc21. The summed E-state index contributed by atoms with van der Waals surface area (Å²) in [5, 5.41) is 2.95. The number of hydrogen-bond donors (Lipinski definition) is 1. The maximum Gasteiger partial charge on any atom is 0.336 e. The summed E-state index contributed by atoms with van der Waals surface area (Å²) in [6.07, 6.45) is 2.33. The van der Waals surface area contributed by atoms with Crippen LogP contribution in [0.3, 0.4) is 0 Å². The van der Waals surface area contributed by atoms with E-state index < -0.39 is 23.1 Å². The van der Waals surface area contributed by atoms with Crippen LogP contribution in [0, 0.1) is 5.82 Å². The molecule has 32 heavy (non-hydrogen) atoms. The molecule has 0 saturated carbocycles. The predicted octanol–water partition coefficient (Wildman–Crippen LogP) is 2.72. The molecule has 2 aromatic carbocycles. The van der Waals surface area contributed by atoms with Crippen LogP contribution in [-0.2, 0) is 4.79 Å². The Morgan fingerprint density at radius 1 is 1.16 bits per heavy atom. The molecular formula is C23H24ClFN4O3. The molecule has 1 unspecified atom stereocenters. The first-order valence-corrected chi connectivity index (χ1v) is 11.0. The molecule has 1 aliphatic rings. The molecule has 0 spiro atoms. The van der Waals surface area contributed by atoms with E-state index in [2.05, 4.69) is 10.2 Å². The maximum atomic E-state index is 13.7. The summed E-state index contributed by atoms with van der Waals surface area (Å²) in [6, 6.07) is 9.37. The number of rotatable bonds is 6. The van der Waals surface area contributed by atoms with Crippen molar-refractivity contribution in [3.05, 3.63) is 74.1 Å². The average Bonchev–Trinajstić information content (AvgIpc) is 3.29. The zero-order valence-electron chi connectivity index (χ0n) is 17.7. The third kappa shape index (κ3) is 4.20. The quantitative estimate of drug-likeness (QED) is 0.616. The first-order chi connectivity index (χ1) is 15.4. The number of carbonyl (C=O) groups excluding carboxylic acids is 1. The number of fused-ring (bicyclic) bond motifs is 1. The van der Waals surface area contributed by atoms with E-state index in [4.69, 9.17) is 11.6 Å². The predicted molar refractivity (Wildman–Crippen MR) is 122 cm³/mol. The molecule has 1 aromatic heterocycles. The van der Waals surface area contributed by atoms with Gasteiger partial charge in [-0.1, -0.05) is 23.7 Å². The highest BCUT2D eigenvalue weighted by Crippen LogP contribution is 2.19. The van der Waals surface area contributed by atoms with Gasteiger partial charge in [-0.25, -0.2) is 13.8 Å². The van der Waals surface area contributed by atoms with Gasteiger partial charge in [0.25, 0.3) is 5.56 Å². The number of nitrogens with one attached hydrogen (secondary N) is 1. The van der Waals surface area contributed by atoms with E-state index in [1.807, 2.05) is 0 Å². The largest absolute Gasteiger partial charge is 0.353 e. The molecule has 0 radical (unpaired) electrons. The van der Waals surface area contributed by atoms with Crippen molar-refractivity contribution in [1.29, 1.82) is 0 Å². The zero-order chi connectivity index (χ0) is 22.8. The minimum atomic E-state index is -0.867. The Hall–Kier alpha value is -2.97. The lowest BCUT2D eigenvalue weighted by Gasteiger charge is -2.20. The smallest absolute Gasteiger partial charge is 0.336 e. The van der Waals surface area contributed by atoms with E-state index in [0.717, 1.165) is 30.3 Å². The third-order valence-corrected chi connectivity index (χ3v) is 6.14. The van der Waals surface area contributed by atoms with Crippen LogP contribution in [-0.4, -0.2) is 46.1 Å². The number of nitrogens with zero attached hydrogens (tertiary/aromatic N) is 3. The van der Waals surface area contributed by atoms with Gasteiger partial charge < -0.3 is 10.2 Å². The second kappa shape index (κ2) is 9.26. The molecule has 1 atom stereocenters. The molecule has 9 heteroatoms. The Balaban J connectivity index is 1.74. The number of para-hydroxylation sites is 1. The van der Waals surface area contributed by atoms with Crippen molar-refractivity contribution in [2.24, 2.45) is 0 Å². The van der Waals surface area contributed by atoms with E-state index in [-0.39, 0.29) is 22.0 Å². The third-order valence-electron chi connectivity index (χ3n) is 5.85. The van der Waals surface area contributed by atoms with Crippen LogP contribution in [0.15, 0.2) is 52.1 Å². The average molecular weight is 459 g/mol. The summed E-state index contributed by atoms with van der Waals surface area (Å²) >= 11 is 5.88. The van der Waals surface area contributed by atoms with Crippen LogP contribution in [0.1, 0.15) is 25.8 Å². The first kappa shape index (κ1) is 22.2. The number of likely N-dealkylation sites (tertiary alicyclic amines) is 1. The van der Waals surface area contributed by atoms with Crippen molar-refractivity contribution in [3.63, 3.8) is 0 Å². The second-order valence-corrected chi connectivity index (χ2v) is 8.33. The summed E-state index contributed by atoms with van der Waals surface area (Å²) in [5.41, 5.74) is -0.772. The molecule has 168 valence electrons. The molecule has 1 N–H and O–H groups in total. The van der Waals surface area contributed by atoms with Crippen LogP contribution >= 0.6 is 11.6 Å². The molecule has 2 heterocycles. The minimum Gasteiger partial charge on any atom is -0.353 e. The highest BCUT2D eigenvalue weighted by Gasteiger charge is 2.23. The van der Waals surface area contributed by atoms with Gasteiger partial charge in [0.15, 0.2) is 0 Å². The van der Waals surface area contributed by atoms with Gasteiger partial charge in [0.05, 0.1) is 21.6 Å². The highest BCUT2D eigenvalue weighted by atomic mass is 35.5.